The van der Waals surface area contributed by atoms with Crippen molar-refractivity contribution in [2.45, 2.75) is 32.3 Å². The number of rotatable bonds is 7. The Morgan fingerprint density at radius 2 is 1.74 bits per heavy atom. The first-order valence-electron chi connectivity index (χ1n) is 11.8. The molecule has 1 saturated carbocycles. The Morgan fingerprint density at radius 1 is 1.00 bits per heavy atom. The number of fused-ring (bicyclic) bond motifs is 1. The molecule has 3 N–H and O–H groups in total. The number of carbonyl (C=O) groups is 1. The number of aliphatic carboxylic acids is 1. The van der Waals surface area contributed by atoms with Crippen LogP contribution in [-0.4, -0.2) is 27.9 Å². The Kier molecular flexibility index (Phi) is 6.12. The fourth-order valence-electron chi connectivity index (χ4n) is 4.97. The van der Waals surface area contributed by atoms with Gasteiger partial charge >= 0.3 is 5.97 Å². The zero-order valence-electron chi connectivity index (χ0n) is 19.5. The molecule has 1 aliphatic heterocycles. The van der Waals surface area contributed by atoms with Crippen LogP contribution >= 0.6 is 0 Å². The second-order valence-electron chi connectivity index (χ2n) is 9.35. The van der Waals surface area contributed by atoms with Crippen molar-refractivity contribution < 1.29 is 29.6 Å². The fraction of sp³-hybridized carbons (Fsp3) is 0.276. The number of phenols is 2. The van der Waals surface area contributed by atoms with Crippen molar-refractivity contribution in [1.82, 2.24) is 0 Å². The summed E-state index contributed by atoms with van der Waals surface area (Å²) in [5, 5.41) is 29.1. The van der Waals surface area contributed by atoms with E-state index in [1.807, 2.05) is 37.3 Å². The Hall–Kier alpha value is -3.93. The standard InChI is InChI=1S/C29H28O6/c1-17-25-16-23(31)7-10-26(25)35-28(27(17)20-3-2-4-22(30)15-20)19-5-8-24(9-6-19)34-12-11-18-13-21(14-18)29(32)33/h2-10,15-16,18,21,28,30-31H,11-14H2,1H3,(H,32,33)/t18?,21?,28-/m0/s1. The van der Waals surface area contributed by atoms with Gasteiger partial charge in [0.25, 0.3) is 0 Å². The van der Waals surface area contributed by atoms with Crippen molar-refractivity contribution in [3.05, 3.63) is 83.4 Å². The lowest BCUT2D eigenvalue weighted by Crippen LogP contribution is -2.31. The maximum atomic E-state index is 11.0. The second kappa shape index (κ2) is 9.37. The van der Waals surface area contributed by atoms with Crippen LogP contribution in [0.2, 0.25) is 0 Å². The molecule has 0 saturated heterocycles. The molecule has 0 spiro atoms. The van der Waals surface area contributed by atoms with E-state index in [2.05, 4.69) is 0 Å². The van der Waals surface area contributed by atoms with E-state index in [0.717, 1.165) is 52.8 Å². The molecule has 1 heterocycles. The van der Waals surface area contributed by atoms with Crippen molar-refractivity contribution in [3.8, 4) is 23.0 Å². The summed E-state index contributed by atoms with van der Waals surface area (Å²) < 4.78 is 12.3. The van der Waals surface area contributed by atoms with Gasteiger partial charge in [-0.2, -0.15) is 0 Å². The summed E-state index contributed by atoms with van der Waals surface area (Å²) in [6, 6.07) is 20.0. The fourth-order valence-corrected chi connectivity index (χ4v) is 4.97. The topological polar surface area (TPSA) is 96.2 Å². The van der Waals surface area contributed by atoms with E-state index >= 15 is 0 Å². The Bertz CT molecular complexity index is 1270. The largest absolute Gasteiger partial charge is 0.508 e. The molecule has 3 aromatic carbocycles. The molecule has 1 atom stereocenters. The molecule has 0 bridgehead atoms. The monoisotopic (exact) mass is 472 g/mol. The van der Waals surface area contributed by atoms with Gasteiger partial charge in [0.1, 0.15) is 29.1 Å². The molecule has 0 radical (unpaired) electrons. The van der Waals surface area contributed by atoms with Gasteiger partial charge < -0.3 is 24.8 Å². The number of aromatic hydroxyl groups is 2. The van der Waals surface area contributed by atoms with Gasteiger partial charge in [0.15, 0.2) is 0 Å². The highest BCUT2D eigenvalue weighted by atomic mass is 16.5. The normalized spacial score (nSPS) is 21.0. The predicted octanol–water partition coefficient (Wildman–Crippen LogP) is 6.04. The van der Waals surface area contributed by atoms with Crippen LogP contribution in [0.3, 0.4) is 0 Å². The minimum atomic E-state index is -0.698. The minimum absolute atomic E-state index is 0.169. The van der Waals surface area contributed by atoms with Crippen molar-refractivity contribution in [2.75, 3.05) is 6.61 Å². The van der Waals surface area contributed by atoms with E-state index in [0.29, 0.717) is 18.3 Å². The molecule has 0 unspecified atom stereocenters. The average Bonchev–Trinajstić information content (AvgIpc) is 2.81. The van der Waals surface area contributed by atoms with E-state index in [1.54, 1.807) is 36.4 Å². The van der Waals surface area contributed by atoms with Crippen LogP contribution in [0.5, 0.6) is 23.0 Å². The summed E-state index contributed by atoms with van der Waals surface area (Å²) in [5.74, 6) is 1.31. The van der Waals surface area contributed by atoms with Crippen LogP contribution in [0.4, 0.5) is 0 Å². The summed E-state index contributed by atoms with van der Waals surface area (Å²) in [5.41, 5.74) is 4.50. The molecular formula is C29H28O6. The molecule has 3 aromatic rings. The van der Waals surface area contributed by atoms with E-state index in [1.165, 1.54) is 0 Å². The number of carboxylic acids is 1. The number of allylic oxidation sites excluding steroid dienone is 1. The molecular weight excluding hydrogens is 444 g/mol. The molecule has 0 aromatic heterocycles. The molecule has 1 fully saturated rings. The molecule has 5 rings (SSSR count). The first-order valence-corrected chi connectivity index (χ1v) is 11.8. The van der Waals surface area contributed by atoms with Gasteiger partial charge in [-0.3, -0.25) is 4.79 Å². The summed E-state index contributed by atoms with van der Waals surface area (Å²) in [6.07, 6.45) is 1.93. The van der Waals surface area contributed by atoms with Crippen LogP contribution < -0.4 is 9.47 Å². The highest BCUT2D eigenvalue weighted by Gasteiger charge is 2.34. The molecule has 2 aliphatic rings. The summed E-state index contributed by atoms with van der Waals surface area (Å²) in [6.45, 7) is 2.56. The third-order valence-electron chi connectivity index (χ3n) is 7.00. The first-order chi connectivity index (χ1) is 16.9. The second-order valence-corrected chi connectivity index (χ2v) is 9.35. The maximum absolute atomic E-state index is 11.0. The Balaban J connectivity index is 1.35. The summed E-state index contributed by atoms with van der Waals surface area (Å²) in [7, 11) is 0. The molecule has 35 heavy (non-hydrogen) atoms. The quantitative estimate of drug-likeness (QED) is 0.388. The van der Waals surface area contributed by atoms with E-state index in [9.17, 15) is 15.0 Å². The molecule has 6 heteroatoms. The highest BCUT2D eigenvalue weighted by molar-refractivity contribution is 5.95. The van der Waals surface area contributed by atoms with Gasteiger partial charge in [0.2, 0.25) is 0 Å². The average molecular weight is 473 g/mol. The number of hydrogen-bond acceptors (Lipinski definition) is 5. The molecule has 6 nitrogen and oxygen atoms in total. The van der Waals surface area contributed by atoms with Crippen LogP contribution in [0.1, 0.15) is 49.0 Å². The van der Waals surface area contributed by atoms with E-state index in [-0.39, 0.29) is 17.4 Å². The number of benzene rings is 3. The smallest absolute Gasteiger partial charge is 0.306 e. The van der Waals surface area contributed by atoms with Crippen LogP contribution in [0.15, 0.2) is 66.7 Å². The Labute approximate surface area is 204 Å². The van der Waals surface area contributed by atoms with Gasteiger partial charge in [0, 0.05) is 11.1 Å². The van der Waals surface area contributed by atoms with Crippen LogP contribution in [0, 0.1) is 11.8 Å². The number of phenolic OH excluding ortho intramolecular Hbond substituents is 2. The van der Waals surface area contributed by atoms with Crippen LogP contribution in [-0.2, 0) is 4.79 Å². The predicted molar refractivity (Wildman–Crippen MR) is 132 cm³/mol. The van der Waals surface area contributed by atoms with Gasteiger partial charge in [0.05, 0.1) is 12.5 Å². The third kappa shape index (κ3) is 4.69. The van der Waals surface area contributed by atoms with E-state index < -0.39 is 12.1 Å². The van der Waals surface area contributed by atoms with Crippen LogP contribution in [0.25, 0.3) is 11.1 Å². The van der Waals surface area contributed by atoms with E-state index in [4.69, 9.17) is 14.6 Å². The van der Waals surface area contributed by atoms with Gasteiger partial charge in [-0.25, -0.2) is 0 Å². The summed E-state index contributed by atoms with van der Waals surface area (Å²) >= 11 is 0. The van der Waals surface area contributed by atoms with Crippen molar-refractivity contribution >= 4 is 17.1 Å². The highest BCUT2D eigenvalue weighted by Crippen LogP contribution is 2.47. The van der Waals surface area contributed by atoms with Crippen molar-refractivity contribution in [2.24, 2.45) is 11.8 Å². The Morgan fingerprint density at radius 3 is 2.46 bits per heavy atom. The lowest BCUT2D eigenvalue weighted by molar-refractivity contribution is -0.146. The lowest BCUT2D eigenvalue weighted by atomic mass is 9.73. The molecule has 1 aliphatic carbocycles. The van der Waals surface area contributed by atoms with Gasteiger partial charge in [-0.1, -0.05) is 24.3 Å². The van der Waals surface area contributed by atoms with Gasteiger partial charge in [-0.15, -0.1) is 0 Å². The number of ether oxygens (including phenoxy) is 2. The SMILES string of the molecule is CC1=C(c2cccc(O)c2)[C@H](c2ccc(OCCC3CC(C(=O)O)C3)cc2)Oc2ccc(O)cc21. The number of carboxylic acid groups (broad SMARTS) is 1. The molecule has 0 amide bonds. The zero-order valence-corrected chi connectivity index (χ0v) is 19.5. The zero-order chi connectivity index (χ0) is 24.5. The van der Waals surface area contributed by atoms with Crippen molar-refractivity contribution in [1.29, 1.82) is 0 Å². The molecule has 180 valence electrons. The minimum Gasteiger partial charge on any atom is -0.508 e. The van der Waals surface area contributed by atoms with Gasteiger partial charge in [-0.05, 0) is 91.3 Å². The third-order valence-corrected chi connectivity index (χ3v) is 7.00. The first kappa shape index (κ1) is 22.8. The lowest BCUT2D eigenvalue weighted by Gasteiger charge is -2.32. The summed E-state index contributed by atoms with van der Waals surface area (Å²) in [4.78, 5) is 11.0. The maximum Gasteiger partial charge on any atom is 0.306 e. The van der Waals surface area contributed by atoms with Crippen molar-refractivity contribution in [3.63, 3.8) is 0 Å². The number of hydrogen-bond donors (Lipinski definition) is 3.